The first-order valence-corrected chi connectivity index (χ1v) is 11.2. The van der Waals surface area contributed by atoms with Crippen LogP contribution in [0.5, 0.6) is 0 Å². The van der Waals surface area contributed by atoms with Crippen LogP contribution in [0.4, 0.5) is 5.69 Å². The van der Waals surface area contributed by atoms with Crippen LogP contribution in [0.1, 0.15) is 46.6 Å². The van der Waals surface area contributed by atoms with Crippen molar-refractivity contribution in [3.63, 3.8) is 0 Å². The summed E-state index contributed by atoms with van der Waals surface area (Å²) in [4.78, 5) is 18.0. The van der Waals surface area contributed by atoms with E-state index in [2.05, 4.69) is 80.5 Å². The summed E-state index contributed by atoms with van der Waals surface area (Å²) in [5.41, 5.74) is 8.43. The van der Waals surface area contributed by atoms with Gasteiger partial charge in [0.1, 0.15) is 5.69 Å². The van der Waals surface area contributed by atoms with Crippen molar-refractivity contribution < 1.29 is 4.79 Å². The lowest BCUT2D eigenvalue weighted by atomic mass is 10.1. The summed E-state index contributed by atoms with van der Waals surface area (Å²) in [5.74, 6) is 0.171. The van der Waals surface area contributed by atoms with Gasteiger partial charge >= 0.3 is 0 Å². The molecule has 2 aromatic carbocycles. The van der Waals surface area contributed by atoms with Gasteiger partial charge in [-0.05, 0) is 74.6 Å². The maximum atomic E-state index is 13.6. The number of anilines is 1. The molecule has 1 saturated heterocycles. The lowest BCUT2D eigenvalue weighted by molar-refractivity contribution is 0.0735. The smallest absolute Gasteiger partial charge is 0.270 e. The number of aryl methyl sites for hydroxylation is 4. The highest BCUT2D eigenvalue weighted by atomic mass is 16.2. The van der Waals surface area contributed by atoms with Crippen LogP contribution in [-0.4, -0.2) is 41.6 Å². The van der Waals surface area contributed by atoms with E-state index in [1.165, 1.54) is 33.3 Å². The fourth-order valence-corrected chi connectivity index (χ4v) is 4.77. The van der Waals surface area contributed by atoms with Crippen LogP contribution in [-0.2, 0) is 13.0 Å². The second-order valence-electron chi connectivity index (χ2n) is 8.42. The van der Waals surface area contributed by atoms with Crippen molar-refractivity contribution >= 4 is 22.5 Å². The molecule has 1 amide bonds. The van der Waals surface area contributed by atoms with Gasteiger partial charge in [0.05, 0.1) is 0 Å². The largest absolute Gasteiger partial charge is 0.368 e. The van der Waals surface area contributed by atoms with Crippen LogP contribution in [0.3, 0.4) is 0 Å². The molecule has 4 nitrogen and oxygen atoms in total. The highest BCUT2D eigenvalue weighted by Gasteiger charge is 2.27. The standard InChI is InChI=1S/C26H33N3O/c1-6-21-11-12-24-22(17-21)20(5)25(29(24)7-2)26(30)28-15-13-27(14-16-28)23-10-8-9-18(3)19(23)4/h8-12,17H,6-7,13-16H2,1-5H3. The van der Waals surface area contributed by atoms with E-state index in [9.17, 15) is 4.79 Å². The first-order valence-electron chi connectivity index (χ1n) is 11.2. The van der Waals surface area contributed by atoms with Crippen LogP contribution in [0.2, 0.25) is 0 Å². The predicted molar refractivity (Wildman–Crippen MR) is 126 cm³/mol. The highest BCUT2D eigenvalue weighted by Crippen LogP contribution is 2.29. The van der Waals surface area contributed by atoms with Gasteiger partial charge in [0.2, 0.25) is 0 Å². The first-order chi connectivity index (χ1) is 14.5. The predicted octanol–water partition coefficient (Wildman–Crippen LogP) is 5.11. The summed E-state index contributed by atoms with van der Waals surface area (Å²) in [7, 11) is 0. The second-order valence-corrected chi connectivity index (χ2v) is 8.42. The molecule has 0 spiro atoms. The molecule has 0 aliphatic carbocycles. The van der Waals surface area contributed by atoms with Gasteiger partial charge in [-0.2, -0.15) is 0 Å². The summed E-state index contributed by atoms with van der Waals surface area (Å²) in [5, 5.41) is 1.22. The van der Waals surface area contributed by atoms with Gasteiger partial charge in [0.15, 0.2) is 0 Å². The Balaban J connectivity index is 1.59. The maximum absolute atomic E-state index is 13.6. The zero-order valence-corrected chi connectivity index (χ0v) is 19.0. The Morgan fingerprint density at radius 3 is 2.33 bits per heavy atom. The van der Waals surface area contributed by atoms with Gasteiger partial charge < -0.3 is 14.4 Å². The summed E-state index contributed by atoms with van der Waals surface area (Å²) in [6, 6.07) is 13.1. The fraction of sp³-hybridized carbons (Fsp3) is 0.423. The van der Waals surface area contributed by atoms with Gasteiger partial charge in [0, 0.05) is 49.3 Å². The Morgan fingerprint density at radius 1 is 0.933 bits per heavy atom. The number of benzene rings is 2. The van der Waals surface area contributed by atoms with Crippen LogP contribution in [0.25, 0.3) is 10.9 Å². The summed E-state index contributed by atoms with van der Waals surface area (Å²) in [6.07, 6.45) is 1.01. The second kappa shape index (κ2) is 8.17. The number of amides is 1. The molecule has 0 radical (unpaired) electrons. The van der Waals surface area contributed by atoms with E-state index in [4.69, 9.17) is 0 Å². The number of fused-ring (bicyclic) bond motifs is 1. The number of carbonyl (C=O) groups excluding carboxylic acids is 1. The average molecular weight is 404 g/mol. The molecule has 0 atom stereocenters. The van der Waals surface area contributed by atoms with Gasteiger partial charge in [-0.3, -0.25) is 4.79 Å². The molecule has 4 rings (SSSR count). The molecule has 3 aromatic rings. The van der Waals surface area contributed by atoms with Crippen LogP contribution >= 0.6 is 0 Å². The van der Waals surface area contributed by atoms with E-state index >= 15 is 0 Å². The summed E-state index contributed by atoms with van der Waals surface area (Å²) in [6.45, 7) is 14.8. The Labute approximate surface area is 180 Å². The van der Waals surface area contributed by atoms with Crippen molar-refractivity contribution in [3.8, 4) is 0 Å². The lowest BCUT2D eigenvalue weighted by Gasteiger charge is -2.37. The van der Waals surface area contributed by atoms with E-state index in [1.54, 1.807) is 0 Å². The average Bonchev–Trinajstić information content (AvgIpc) is 3.06. The minimum Gasteiger partial charge on any atom is -0.368 e. The number of hydrogen-bond donors (Lipinski definition) is 0. The number of piperazine rings is 1. The van der Waals surface area contributed by atoms with Crippen molar-refractivity contribution in [2.24, 2.45) is 0 Å². The van der Waals surface area contributed by atoms with E-state index in [1.807, 2.05) is 4.90 Å². The third-order valence-corrected chi connectivity index (χ3v) is 6.79. The third kappa shape index (κ3) is 3.38. The number of rotatable bonds is 4. The monoisotopic (exact) mass is 403 g/mol. The molecule has 1 aliphatic heterocycles. The third-order valence-electron chi connectivity index (χ3n) is 6.79. The van der Waals surface area contributed by atoms with Crippen molar-refractivity contribution in [3.05, 3.63) is 64.3 Å². The maximum Gasteiger partial charge on any atom is 0.270 e. The molecule has 158 valence electrons. The molecular formula is C26H33N3O. The molecule has 2 heterocycles. The minimum absolute atomic E-state index is 0.171. The molecule has 30 heavy (non-hydrogen) atoms. The topological polar surface area (TPSA) is 28.5 Å². The van der Waals surface area contributed by atoms with E-state index in [0.717, 1.165) is 50.4 Å². The normalized spacial score (nSPS) is 14.6. The summed E-state index contributed by atoms with van der Waals surface area (Å²) >= 11 is 0. The van der Waals surface area contributed by atoms with Gasteiger partial charge in [0.25, 0.3) is 5.91 Å². The zero-order chi connectivity index (χ0) is 21.4. The fourth-order valence-electron chi connectivity index (χ4n) is 4.77. The number of nitrogens with zero attached hydrogens (tertiary/aromatic N) is 3. The molecule has 0 saturated carbocycles. The molecule has 1 aliphatic rings. The van der Waals surface area contributed by atoms with Crippen molar-refractivity contribution in [2.75, 3.05) is 31.1 Å². The molecule has 0 bridgehead atoms. The first kappa shape index (κ1) is 20.5. The van der Waals surface area contributed by atoms with Crippen LogP contribution in [0.15, 0.2) is 36.4 Å². The SMILES string of the molecule is CCc1ccc2c(c1)c(C)c(C(=O)N1CCN(c3cccc(C)c3C)CC1)n2CC. The van der Waals surface area contributed by atoms with Gasteiger partial charge in [-0.25, -0.2) is 0 Å². The Hall–Kier alpha value is -2.75. The van der Waals surface area contributed by atoms with Crippen molar-refractivity contribution in [1.82, 2.24) is 9.47 Å². The van der Waals surface area contributed by atoms with Crippen LogP contribution in [0, 0.1) is 20.8 Å². The number of aromatic nitrogens is 1. The number of hydrogen-bond acceptors (Lipinski definition) is 2. The lowest BCUT2D eigenvalue weighted by Crippen LogP contribution is -2.49. The quantitative estimate of drug-likeness (QED) is 0.605. The molecule has 0 unspecified atom stereocenters. The van der Waals surface area contributed by atoms with E-state index in [-0.39, 0.29) is 5.91 Å². The molecular weight excluding hydrogens is 370 g/mol. The Kier molecular flexibility index (Phi) is 5.59. The highest BCUT2D eigenvalue weighted by molar-refractivity contribution is 6.02. The van der Waals surface area contributed by atoms with E-state index in [0.29, 0.717) is 0 Å². The molecule has 0 N–H and O–H groups in total. The van der Waals surface area contributed by atoms with Crippen molar-refractivity contribution in [1.29, 1.82) is 0 Å². The summed E-state index contributed by atoms with van der Waals surface area (Å²) < 4.78 is 2.20. The minimum atomic E-state index is 0.171. The zero-order valence-electron chi connectivity index (χ0n) is 19.0. The molecule has 1 aromatic heterocycles. The van der Waals surface area contributed by atoms with Crippen LogP contribution < -0.4 is 4.90 Å². The number of carbonyl (C=O) groups is 1. The Morgan fingerprint density at radius 2 is 1.67 bits per heavy atom. The van der Waals surface area contributed by atoms with Crippen molar-refractivity contribution in [2.45, 2.75) is 47.6 Å². The Bertz CT molecular complexity index is 1090. The van der Waals surface area contributed by atoms with E-state index < -0.39 is 0 Å². The molecule has 4 heteroatoms. The molecule has 1 fully saturated rings. The van der Waals surface area contributed by atoms with Gasteiger partial charge in [-0.15, -0.1) is 0 Å². The van der Waals surface area contributed by atoms with Gasteiger partial charge in [-0.1, -0.05) is 25.1 Å².